The van der Waals surface area contributed by atoms with Crippen LogP contribution < -0.4 is 4.74 Å². The predicted molar refractivity (Wildman–Crippen MR) is 59.6 cm³/mol. The van der Waals surface area contributed by atoms with Crippen LogP contribution in [0.25, 0.3) is 6.08 Å². The summed E-state index contributed by atoms with van der Waals surface area (Å²) in [5, 5.41) is 0. The van der Waals surface area contributed by atoms with E-state index in [0.29, 0.717) is 0 Å². The van der Waals surface area contributed by atoms with Gasteiger partial charge in [0.15, 0.2) is 0 Å². The highest BCUT2D eigenvalue weighted by Gasteiger charge is 2.13. The third kappa shape index (κ3) is 1.67. The minimum absolute atomic E-state index is 0.809. The zero-order chi connectivity index (χ0) is 9.97. The molecule has 14 heavy (non-hydrogen) atoms. The molecule has 0 unspecified atom stereocenters. The molecule has 0 radical (unpaired) electrons. The van der Waals surface area contributed by atoms with E-state index in [2.05, 4.69) is 38.1 Å². The van der Waals surface area contributed by atoms with Gasteiger partial charge >= 0.3 is 0 Å². The number of benzene rings is 1. The summed E-state index contributed by atoms with van der Waals surface area (Å²) >= 11 is 0. The fraction of sp³-hybridized carbons (Fsp3) is 0.385. The average Bonchev–Trinajstić information content (AvgIpc) is 2.55. The maximum Gasteiger partial charge on any atom is 0.126 e. The monoisotopic (exact) mass is 188 g/mol. The molecule has 1 aromatic rings. The van der Waals surface area contributed by atoms with Crippen LogP contribution in [-0.4, -0.2) is 6.61 Å². The summed E-state index contributed by atoms with van der Waals surface area (Å²) in [6.45, 7) is 5.11. The van der Waals surface area contributed by atoms with Crippen LogP contribution in [0.2, 0.25) is 0 Å². The van der Waals surface area contributed by atoms with Gasteiger partial charge in [0.05, 0.1) is 6.61 Å². The number of hydrogen-bond donors (Lipinski definition) is 0. The second kappa shape index (κ2) is 3.87. The van der Waals surface area contributed by atoms with Gasteiger partial charge in [0.2, 0.25) is 0 Å². The van der Waals surface area contributed by atoms with Crippen molar-refractivity contribution in [2.24, 2.45) is 0 Å². The molecule has 0 fully saturated rings. The van der Waals surface area contributed by atoms with Crippen molar-refractivity contribution in [2.45, 2.75) is 26.7 Å². The van der Waals surface area contributed by atoms with E-state index in [9.17, 15) is 0 Å². The van der Waals surface area contributed by atoms with Gasteiger partial charge in [-0.3, -0.25) is 0 Å². The third-order valence-electron chi connectivity index (χ3n) is 2.48. The van der Waals surface area contributed by atoms with Crippen LogP contribution >= 0.6 is 0 Å². The van der Waals surface area contributed by atoms with Crippen molar-refractivity contribution in [1.29, 1.82) is 0 Å². The quantitative estimate of drug-likeness (QED) is 0.706. The molecular weight excluding hydrogens is 172 g/mol. The molecule has 0 bridgehead atoms. The molecule has 1 nitrogen and oxygen atoms in total. The Hall–Kier alpha value is -1.24. The lowest BCUT2D eigenvalue weighted by atomic mass is 10.1. The van der Waals surface area contributed by atoms with E-state index in [1.807, 2.05) is 0 Å². The lowest BCUT2D eigenvalue weighted by Crippen LogP contribution is -1.97. The molecule has 1 aliphatic rings. The van der Waals surface area contributed by atoms with Crippen molar-refractivity contribution in [2.75, 3.05) is 6.61 Å². The Bertz CT molecular complexity index is 363. The summed E-state index contributed by atoms with van der Waals surface area (Å²) in [4.78, 5) is 0. The Morgan fingerprint density at radius 1 is 1.36 bits per heavy atom. The normalized spacial score (nSPS) is 13.7. The van der Waals surface area contributed by atoms with Crippen LogP contribution in [0.5, 0.6) is 5.75 Å². The molecule has 0 heterocycles. The molecule has 0 aliphatic heterocycles. The molecule has 0 N–H and O–H groups in total. The number of ether oxygens (including phenoxy) is 1. The van der Waals surface area contributed by atoms with E-state index >= 15 is 0 Å². The molecule has 0 spiro atoms. The number of hydrogen-bond acceptors (Lipinski definition) is 1. The van der Waals surface area contributed by atoms with Crippen molar-refractivity contribution in [3.63, 3.8) is 0 Å². The minimum atomic E-state index is 0.809. The standard InChI is InChI=1S/C13H16O/c1-3-7-14-13-6-4-5-11-8-10(2)9-12(11)13/h4-6,9H,3,7-8H2,1-2H3. The first kappa shape index (κ1) is 9.32. The summed E-state index contributed by atoms with van der Waals surface area (Å²) < 4.78 is 5.70. The van der Waals surface area contributed by atoms with Crippen LogP contribution in [0, 0.1) is 0 Å². The third-order valence-corrected chi connectivity index (χ3v) is 2.48. The van der Waals surface area contributed by atoms with Crippen molar-refractivity contribution in [1.82, 2.24) is 0 Å². The number of allylic oxidation sites excluding steroid dienone is 1. The lowest BCUT2D eigenvalue weighted by Gasteiger charge is -2.08. The van der Waals surface area contributed by atoms with E-state index in [1.165, 1.54) is 16.7 Å². The molecule has 0 atom stereocenters. The summed E-state index contributed by atoms with van der Waals surface area (Å²) in [6, 6.07) is 6.32. The first-order valence-corrected chi connectivity index (χ1v) is 5.23. The Morgan fingerprint density at radius 3 is 3.00 bits per heavy atom. The Morgan fingerprint density at radius 2 is 2.21 bits per heavy atom. The Kier molecular flexibility index (Phi) is 2.58. The van der Waals surface area contributed by atoms with Crippen LogP contribution in [0.4, 0.5) is 0 Å². The average molecular weight is 188 g/mol. The summed E-state index contributed by atoms with van der Waals surface area (Å²) in [5.74, 6) is 1.04. The fourth-order valence-electron chi connectivity index (χ4n) is 1.84. The topological polar surface area (TPSA) is 9.23 Å². The van der Waals surface area contributed by atoms with Crippen LogP contribution in [0.1, 0.15) is 31.4 Å². The number of rotatable bonds is 3. The van der Waals surface area contributed by atoms with E-state index in [1.54, 1.807) is 0 Å². The molecule has 0 aromatic heterocycles. The molecule has 1 aliphatic carbocycles. The van der Waals surface area contributed by atoms with Crippen molar-refractivity contribution >= 4 is 6.08 Å². The molecule has 74 valence electrons. The molecule has 2 rings (SSSR count). The summed E-state index contributed by atoms with van der Waals surface area (Å²) in [7, 11) is 0. The maximum atomic E-state index is 5.70. The van der Waals surface area contributed by atoms with E-state index < -0.39 is 0 Å². The smallest absolute Gasteiger partial charge is 0.126 e. The molecule has 0 saturated carbocycles. The predicted octanol–water partition coefficient (Wildman–Crippen LogP) is 3.43. The molecule has 1 heteroatoms. The first-order valence-electron chi connectivity index (χ1n) is 5.23. The van der Waals surface area contributed by atoms with Crippen molar-refractivity contribution in [3.8, 4) is 5.75 Å². The van der Waals surface area contributed by atoms with Gasteiger partial charge < -0.3 is 4.74 Å². The van der Waals surface area contributed by atoms with Gasteiger partial charge in [0.25, 0.3) is 0 Å². The minimum Gasteiger partial charge on any atom is -0.493 e. The maximum absolute atomic E-state index is 5.70. The van der Waals surface area contributed by atoms with Gasteiger partial charge in [-0.25, -0.2) is 0 Å². The zero-order valence-corrected chi connectivity index (χ0v) is 8.84. The van der Waals surface area contributed by atoms with Gasteiger partial charge in [-0.05, 0) is 31.4 Å². The van der Waals surface area contributed by atoms with E-state index in [-0.39, 0.29) is 0 Å². The fourth-order valence-corrected chi connectivity index (χ4v) is 1.84. The highest BCUT2D eigenvalue weighted by molar-refractivity contribution is 5.68. The zero-order valence-electron chi connectivity index (χ0n) is 8.84. The second-order valence-corrected chi connectivity index (χ2v) is 3.84. The van der Waals surface area contributed by atoms with Crippen molar-refractivity contribution in [3.05, 3.63) is 34.9 Å². The lowest BCUT2D eigenvalue weighted by molar-refractivity contribution is 0.316. The second-order valence-electron chi connectivity index (χ2n) is 3.84. The molecule has 0 saturated heterocycles. The van der Waals surface area contributed by atoms with Crippen LogP contribution in [0.3, 0.4) is 0 Å². The van der Waals surface area contributed by atoms with Gasteiger partial charge in [-0.2, -0.15) is 0 Å². The Balaban J connectivity index is 2.28. The largest absolute Gasteiger partial charge is 0.493 e. The van der Waals surface area contributed by atoms with Gasteiger partial charge in [0.1, 0.15) is 5.75 Å². The molecule has 0 amide bonds. The Labute approximate surface area is 85.4 Å². The summed E-state index contributed by atoms with van der Waals surface area (Å²) in [5.41, 5.74) is 4.11. The van der Waals surface area contributed by atoms with Gasteiger partial charge in [-0.15, -0.1) is 0 Å². The SMILES string of the molecule is CCCOc1cccc2c1C=C(C)C2. The van der Waals surface area contributed by atoms with Crippen LogP contribution in [-0.2, 0) is 6.42 Å². The molecular formula is C13H16O. The highest BCUT2D eigenvalue weighted by Crippen LogP contribution is 2.32. The van der Waals surface area contributed by atoms with Gasteiger partial charge in [0, 0.05) is 5.56 Å². The van der Waals surface area contributed by atoms with Crippen LogP contribution in [0.15, 0.2) is 23.8 Å². The molecule has 1 aromatic carbocycles. The van der Waals surface area contributed by atoms with Gasteiger partial charge in [-0.1, -0.05) is 30.7 Å². The van der Waals surface area contributed by atoms with E-state index in [0.717, 1.165) is 25.2 Å². The van der Waals surface area contributed by atoms with E-state index in [4.69, 9.17) is 4.74 Å². The first-order chi connectivity index (χ1) is 6.81. The highest BCUT2D eigenvalue weighted by atomic mass is 16.5. The van der Waals surface area contributed by atoms with Crippen molar-refractivity contribution < 1.29 is 4.74 Å². The number of fused-ring (bicyclic) bond motifs is 1. The summed E-state index contributed by atoms with van der Waals surface area (Å²) in [6.07, 6.45) is 4.38.